The molecule has 2 fully saturated rings. The van der Waals surface area contributed by atoms with Crippen LogP contribution in [0.2, 0.25) is 0 Å². The van der Waals surface area contributed by atoms with Gasteiger partial charge in [0.1, 0.15) is 0 Å². The molecular formula is C19H28N2O. The molecule has 3 nitrogen and oxygen atoms in total. The molecule has 22 heavy (non-hydrogen) atoms. The van der Waals surface area contributed by atoms with Gasteiger partial charge >= 0.3 is 0 Å². The Labute approximate surface area is 133 Å². The topological polar surface area (TPSA) is 41.1 Å². The normalized spacial score (nSPS) is 31.1. The average molecular weight is 300 g/mol. The lowest BCUT2D eigenvalue weighted by Gasteiger charge is -2.30. The zero-order valence-electron chi connectivity index (χ0n) is 13.9. The van der Waals surface area contributed by atoms with Crippen LogP contribution in [0.15, 0.2) is 24.3 Å². The molecule has 1 aromatic carbocycles. The monoisotopic (exact) mass is 300 g/mol. The van der Waals surface area contributed by atoms with Gasteiger partial charge in [0.2, 0.25) is 5.91 Å². The zero-order valence-corrected chi connectivity index (χ0v) is 13.9. The highest BCUT2D eigenvalue weighted by molar-refractivity contribution is 5.83. The zero-order chi connectivity index (χ0) is 15.7. The summed E-state index contributed by atoms with van der Waals surface area (Å²) in [5.74, 6) is 1.97. The van der Waals surface area contributed by atoms with Crippen LogP contribution in [0.25, 0.3) is 0 Å². The number of carbonyl (C=O) groups excluding carboxylic acids is 1. The maximum Gasteiger partial charge on any atom is 0.223 e. The van der Waals surface area contributed by atoms with E-state index in [2.05, 4.69) is 55.7 Å². The van der Waals surface area contributed by atoms with Gasteiger partial charge in [0.05, 0.1) is 0 Å². The number of hydrogen-bond acceptors (Lipinski definition) is 2. The summed E-state index contributed by atoms with van der Waals surface area (Å²) in [7, 11) is 0. The van der Waals surface area contributed by atoms with Gasteiger partial charge in [-0.3, -0.25) is 4.79 Å². The van der Waals surface area contributed by atoms with E-state index in [1.807, 2.05) is 0 Å². The molecule has 0 aromatic heterocycles. The van der Waals surface area contributed by atoms with Crippen LogP contribution in [0.3, 0.4) is 0 Å². The Morgan fingerprint density at radius 1 is 1.27 bits per heavy atom. The van der Waals surface area contributed by atoms with E-state index in [1.54, 1.807) is 0 Å². The Balaban J connectivity index is 1.55. The van der Waals surface area contributed by atoms with Gasteiger partial charge in [-0.25, -0.2) is 0 Å². The number of hydrogen-bond donors (Lipinski definition) is 2. The van der Waals surface area contributed by atoms with Crippen molar-refractivity contribution in [1.82, 2.24) is 10.6 Å². The third-order valence-corrected chi connectivity index (χ3v) is 5.27. The van der Waals surface area contributed by atoms with Crippen LogP contribution in [0.1, 0.15) is 56.6 Å². The number of carbonyl (C=O) groups is 1. The van der Waals surface area contributed by atoms with E-state index >= 15 is 0 Å². The minimum absolute atomic E-state index is 0.187. The Morgan fingerprint density at radius 3 is 2.64 bits per heavy atom. The molecule has 1 heterocycles. The number of benzene rings is 1. The van der Waals surface area contributed by atoms with Crippen LogP contribution in [0.4, 0.5) is 0 Å². The molecule has 1 saturated heterocycles. The number of rotatable bonds is 4. The van der Waals surface area contributed by atoms with Crippen LogP contribution in [0, 0.1) is 11.8 Å². The van der Waals surface area contributed by atoms with E-state index in [4.69, 9.17) is 0 Å². The Bertz CT molecular complexity index is 523. The van der Waals surface area contributed by atoms with Crippen molar-refractivity contribution in [1.29, 1.82) is 0 Å². The molecule has 2 aliphatic rings. The summed E-state index contributed by atoms with van der Waals surface area (Å²) in [5, 5.41) is 6.66. The second-order valence-corrected chi connectivity index (χ2v) is 7.36. The summed E-state index contributed by atoms with van der Waals surface area (Å²) in [4.78, 5) is 12.4. The smallest absolute Gasteiger partial charge is 0.223 e. The Morgan fingerprint density at radius 2 is 2.00 bits per heavy atom. The summed E-state index contributed by atoms with van der Waals surface area (Å²) in [5.41, 5.74) is 2.69. The largest absolute Gasteiger partial charge is 0.353 e. The molecule has 2 N–H and O–H groups in total. The lowest BCUT2D eigenvalue weighted by molar-refractivity contribution is -0.123. The first-order valence-corrected chi connectivity index (χ1v) is 8.67. The molecule has 0 spiro atoms. The highest BCUT2D eigenvalue weighted by atomic mass is 16.2. The molecule has 4 atom stereocenters. The fraction of sp³-hybridized carbons (Fsp3) is 0.632. The SMILES string of the molecule is CC(C)c1ccc(C2CC2C(=O)NC2CCNCC2C)cc1. The van der Waals surface area contributed by atoms with Crippen molar-refractivity contribution in [3.05, 3.63) is 35.4 Å². The van der Waals surface area contributed by atoms with Crippen molar-refractivity contribution >= 4 is 5.91 Å². The van der Waals surface area contributed by atoms with Crippen molar-refractivity contribution < 1.29 is 4.79 Å². The van der Waals surface area contributed by atoms with E-state index < -0.39 is 0 Å². The Kier molecular flexibility index (Phi) is 4.53. The second kappa shape index (κ2) is 6.41. The van der Waals surface area contributed by atoms with Gasteiger partial charge in [-0.15, -0.1) is 0 Å². The Hall–Kier alpha value is -1.35. The number of piperidine rings is 1. The lowest BCUT2D eigenvalue weighted by Crippen LogP contribution is -2.48. The van der Waals surface area contributed by atoms with Crippen molar-refractivity contribution in [2.45, 2.75) is 51.5 Å². The summed E-state index contributed by atoms with van der Waals surface area (Å²) in [6.07, 6.45) is 2.06. The number of nitrogens with one attached hydrogen (secondary N) is 2. The predicted molar refractivity (Wildman–Crippen MR) is 90.0 cm³/mol. The third-order valence-electron chi connectivity index (χ3n) is 5.27. The molecule has 120 valence electrons. The van der Waals surface area contributed by atoms with E-state index in [0.29, 0.717) is 23.8 Å². The number of amides is 1. The van der Waals surface area contributed by atoms with Gasteiger partial charge in [-0.05, 0) is 54.8 Å². The highest BCUT2D eigenvalue weighted by Gasteiger charge is 2.44. The van der Waals surface area contributed by atoms with Gasteiger partial charge in [0, 0.05) is 12.0 Å². The molecule has 1 saturated carbocycles. The lowest BCUT2D eigenvalue weighted by atomic mass is 9.95. The molecular weight excluding hydrogens is 272 g/mol. The fourth-order valence-electron chi connectivity index (χ4n) is 3.50. The van der Waals surface area contributed by atoms with E-state index in [1.165, 1.54) is 11.1 Å². The first-order valence-electron chi connectivity index (χ1n) is 8.67. The molecule has 0 bridgehead atoms. The van der Waals surface area contributed by atoms with E-state index in [0.717, 1.165) is 25.9 Å². The van der Waals surface area contributed by atoms with Gasteiger partial charge in [0.25, 0.3) is 0 Å². The van der Waals surface area contributed by atoms with Crippen molar-refractivity contribution in [2.75, 3.05) is 13.1 Å². The van der Waals surface area contributed by atoms with Crippen LogP contribution in [-0.4, -0.2) is 25.0 Å². The van der Waals surface area contributed by atoms with Crippen LogP contribution in [0.5, 0.6) is 0 Å². The van der Waals surface area contributed by atoms with Crippen LogP contribution < -0.4 is 10.6 Å². The molecule has 1 aliphatic heterocycles. The summed E-state index contributed by atoms with van der Waals surface area (Å²) < 4.78 is 0. The van der Waals surface area contributed by atoms with Crippen molar-refractivity contribution in [3.63, 3.8) is 0 Å². The third kappa shape index (κ3) is 3.35. The van der Waals surface area contributed by atoms with Crippen molar-refractivity contribution in [3.8, 4) is 0 Å². The average Bonchev–Trinajstić information content (AvgIpc) is 3.30. The molecule has 1 aliphatic carbocycles. The summed E-state index contributed by atoms with van der Waals surface area (Å²) in [6, 6.07) is 9.18. The predicted octanol–water partition coefficient (Wildman–Crippen LogP) is 3.03. The summed E-state index contributed by atoms with van der Waals surface area (Å²) in [6.45, 7) is 8.66. The molecule has 3 rings (SSSR count). The van der Waals surface area contributed by atoms with E-state index in [-0.39, 0.29) is 11.8 Å². The van der Waals surface area contributed by atoms with Gasteiger partial charge in [-0.2, -0.15) is 0 Å². The molecule has 0 radical (unpaired) electrons. The molecule has 3 heteroatoms. The van der Waals surface area contributed by atoms with Crippen LogP contribution in [-0.2, 0) is 4.79 Å². The maximum absolute atomic E-state index is 12.4. The first-order chi connectivity index (χ1) is 10.6. The van der Waals surface area contributed by atoms with Gasteiger partial charge < -0.3 is 10.6 Å². The van der Waals surface area contributed by atoms with Crippen molar-refractivity contribution in [2.24, 2.45) is 11.8 Å². The molecule has 1 aromatic rings. The minimum atomic E-state index is 0.187. The molecule has 4 unspecified atom stereocenters. The van der Waals surface area contributed by atoms with E-state index in [9.17, 15) is 4.79 Å². The first kappa shape index (κ1) is 15.5. The second-order valence-electron chi connectivity index (χ2n) is 7.36. The van der Waals surface area contributed by atoms with Gasteiger partial charge in [0.15, 0.2) is 0 Å². The minimum Gasteiger partial charge on any atom is -0.353 e. The van der Waals surface area contributed by atoms with Crippen LogP contribution >= 0.6 is 0 Å². The van der Waals surface area contributed by atoms with Gasteiger partial charge in [-0.1, -0.05) is 45.0 Å². The highest BCUT2D eigenvalue weighted by Crippen LogP contribution is 2.47. The maximum atomic E-state index is 12.4. The fourth-order valence-corrected chi connectivity index (χ4v) is 3.50. The quantitative estimate of drug-likeness (QED) is 0.897. The summed E-state index contributed by atoms with van der Waals surface area (Å²) >= 11 is 0. The molecule has 1 amide bonds. The standard InChI is InChI=1S/C19H28N2O/c1-12(2)14-4-6-15(7-5-14)16-10-17(16)19(22)21-18-8-9-20-11-13(18)3/h4-7,12-13,16-18,20H,8-11H2,1-3H3,(H,21,22).